The van der Waals surface area contributed by atoms with Gasteiger partial charge in [0.2, 0.25) is 0 Å². The van der Waals surface area contributed by atoms with Crippen LogP contribution >= 0.6 is 0 Å². The molecule has 6 nitrogen and oxygen atoms in total. The van der Waals surface area contributed by atoms with E-state index in [0.717, 1.165) is 0 Å². The predicted octanol–water partition coefficient (Wildman–Crippen LogP) is 3.23. The lowest BCUT2D eigenvalue weighted by Crippen LogP contribution is -2.46. The molecule has 1 aromatic rings. The number of nitrogens with one attached hydrogen (secondary N) is 3. The molecular weight excluding hydrogens is 342 g/mol. The first-order valence-electron chi connectivity index (χ1n) is 9.60. The van der Waals surface area contributed by atoms with Crippen LogP contribution in [-0.4, -0.2) is 31.7 Å². The quantitative estimate of drug-likeness (QED) is 0.611. The molecule has 0 aliphatic carbocycles. The summed E-state index contributed by atoms with van der Waals surface area (Å²) in [4.78, 5) is 23.9. The van der Waals surface area contributed by atoms with E-state index in [2.05, 4.69) is 67.9 Å². The Kier molecular flexibility index (Phi) is 7.42. The molecule has 148 valence electrons. The molecule has 0 unspecified atom stereocenters. The van der Waals surface area contributed by atoms with Gasteiger partial charge in [0.15, 0.2) is 0 Å². The second-order valence-electron chi connectivity index (χ2n) is 7.41. The van der Waals surface area contributed by atoms with Crippen molar-refractivity contribution in [1.82, 2.24) is 16.0 Å². The first-order chi connectivity index (χ1) is 12.8. The van der Waals surface area contributed by atoms with Crippen LogP contribution in [0.25, 0.3) is 0 Å². The molecule has 1 atom stereocenters. The van der Waals surface area contributed by atoms with Crippen molar-refractivity contribution >= 4 is 12.0 Å². The molecule has 27 heavy (non-hydrogen) atoms. The van der Waals surface area contributed by atoms with Crippen molar-refractivity contribution in [2.75, 3.05) is 19.7 Å². The van der Waals surface area contributed by atoms with E-state index in [0.29, 0.717) is 36.3 Å². The van der Waals surface area contributed by atoms with Crippen molar-refractivity contribution in [3.8, 4) is 0 Å². The standard InChI is InChI=1S/C21H31N3O3/c1-6-27-20(25)17-11-23-21(26)24-18(17)12-22-19(14(4)5)16-9-7-15(8-10-16)13(2)3/h7-10,13-14,19,22H,6,11-12H2,1-5H3,(H2,23,24,26)/t19-/m1/s1. The molecule has 0 bridgehead atoms. The highest BCUT2D eigenvalue weighted by Crippen LogP contribution is 2.24. The van der Waals surface area contributed by atoms with Crippen LogP contribution in [0, 0.1) is 5.92 Å². The number of benzene rings is 1. The van der Waals surface area contributed by atoms with Gasteiger partial charge < -0.3 is 20.7 Å². The van der Waals surface area contributed by atoms with E-state index in [1.165, 1.54) is 11.1 Å². The van der Waals surface area contributed by atoms with Gasteiger partial charge in [0.05, 0.1) is 18.7 Å². The minimum Gasteiger partial charge on any atom is -0.463 e. The summed E-state index contributed by atoms with van der Waals surface area (Å²) in [7, 11) is 0. The number of rotatable bonds is 8. The first kappa shape index (κ1) is 21.0. The molecule has 1 aliphatic heterocycles. The van der Waals surface area contributed by atoms with Gasteiger partial charge in [-0.25, -0.2) is 9.59 Å². The number of carbonyl (C=O) groups excluding carboxylic acids is 2. The van der Waals surface area contributed by atoms with Gasteiger partial charge in [-0.3, -0.25) is 0 Å². The fourth-order valence-corrected chi connectivity index (χ4v) is 3.14. The second kappa shape index (κ2) is 9.55. The zero-order valence-corrected chi connectivity index (χ0v) is 16.9. The summed E-state index contributed by atoms with van der Waals surface area (Å²) >= 11 is 0. The van der Waals surface area contributed by atoms with Crippen LogP contribution in [0.3, 0.4) is 0 Å². The van der Waals surface area contributed by atoms with Crippen LogP contribution in [0.15, 0.2) is 35.5 Å². The van der Waals surface area contributed by atoms with E-state index in [1.807, 2.05) is 0 Å². The Hall–Kier alpha value is -2.34. The van der Waals surface area contributed by atoms with Crippen LogP contribution in [0.5, 0.6) is 0 Å². The van der Waals surface area contributed by atoms with E-state index in [9.17, 15) is 9.59 Å². The normalized spacial score (nSPS) is 15.6. The van der Waals surface area contributed by atoms with Gasteiger partial charge in [0.1, 0.15) is 0 Å². The molecule has 0 fully saturated rings. The molecule has 0 radical (unpaired) electrons. The summed E-state index contributed by atoms with van der Waals surface area (Å²) in [6.07, 6.45) is 0. The van der Waals surface area contributed by atoms with Crippen molar-refractivity contribution in [2.45, 2.75) is 46.6 Å². The Labute approximate surface area is 161 Å². The SMILES string of the molecule is CCOC(=O)C1=C(CN[C@@H](c2ccc(C(C)C)cc2)C(C)C)NC(=O)NC1. The fraction of sp³-hybridized carbons (Fsp3) is 0.524. The average Bonchev–Trinajstić information content (AvgIpc) is 2.62. The van der Waals surface area contributed by atoms with Gasteiger partial charge in [0, 0.05) is 18.3 Å². The van der Waals surface area contributed by atoms with Crippen LogP contribution in [0.4, 0.5) is 4.79 Å². The summed E-state index contributed by atoms with van der Waals surface area (Å²) < 4.78 is 5.11. The third kappa shape index (κ3) is 5.57. The summed E-state index contributed by atoms with van der Waals surface area (Å²) in [5.74, 6) is 0.440. The maximum Gasteiger partial charge on any atom is 0.337 e. The van der Waals surface area contributed by atoms with Gasteiger partial charge in [-0.15, -0.1) is 0 Å². The Balaban J connectivity index is 2.17. The highest BCUT2D eigenvalue weighted by Gasteiger charge is 2.25. The Morgan fingerprint density at radius 3 is 2.33 bits per heavy atom. The molecule has 1 aliphatic rings. The lowest BCUT2D eigenvalue weighted by atomic mass is 9.93. The molecule has 6 heteroatoms. The largest absolute Gasteiger partial charge is 0.463 e. The third-order valence-corrected chi connectivity index (χ3v) is 4.70. The number of amides is 2. The number of urea groups is 1. The molecule has 2 rings (SSSR count). The predicted molar refractivity (Wildman–Crippen MR) is 106 cm³/mol. The van der Waals surface area contributed by atoms with E-state index in [1.54, 1.807) is 6.92 Å². The van der Waals surface area contributed by atoms with Crippen LogP contribution in [0.1, 0.15) is 57.7 Å². The molecule has 0 spiro atoms. The minimum atomic E-state index is -0.399. The van der Waals surface area contributed by atoms with Gasteiger partial charge in [-0.2, -0.15) is 0 Å². The molecule has 1 heterocycles. The monoisotopic (exact) mass is 373 g/mol. The maximum atomic E-state index is 12.2. The molecule has 1 aromatic carbocycles. The van der Waals surface area contributed by atoms with Crippen LogP contribution in [0.2, 0.25) is 0 Å². The third-order valence-electron chi connectivity index (χ3n) is 4.70. The summed E-state index contributed by atoms with van der Waals surface area (Å²) in [5.41, 5.74) is 3.52. The smallest absolute Gasteiger partial charge is 0.337 e. The van der Waals surface area contributed by atoms with Crippen LogP contribution < -0.4 is 16.0 Å². The Morgan fingerprint density at radius 2 is 1.78 bits per heavy atom. The fourth-order valence-electron chi connectivity index (χ4n) is 3.14. The van der Waals surface area contributed by atoms with Gasteiger partial charge >= 0.3 is 12.0 Å². The molecule has 3 N–H and O–H groups in total. The first-order valence-corrected chi connectivity index (χ1v) is 9.60. The Bertz CT molecular complexity index is 693. The van der Waals surface area contributed by atoms with Crippen LogP contribution in [-0.2, 0) is 9.53 Å². The number of hydrogen-bond donors (Lipinski definition) is 3. The average molecular weight is 373 g/mol. The van der Waals surface area contributed by atoms with E-state index >= 15 is 0 Å². The van der Waals surface area contributed by atoms with Gasteiger partial charge in [-0.1, -0.05) is 52.0 Å². The van der Waals surface area contributed by atoms with Crippen molar-refractivity contribution in [3.63, 3.8) is 0 Å². The van der Waals surface area contributed by atoms with Crippen molar-refractivity contribution < 1.29 is 14.3 Å². The van der Waals surface area contributed by atoms with Crippen molar-refractivity contribution in [2.24, 2.45) is 5.92 Å². The number of hydrogen-bond acceptors (Lipinski definition) is 4. The highest BCUT2D eigenvalue weighted by molar-refractivity contribution is 5.93. The topological polar surface area (TPSA) is 79.5 Å². The molecule has 2 amide bonds. The second-order valence-corrected chi connectivity index (χ2v) is 7.41. The van der Waals surface area contributed by atoms with E-state index in [4.69, 9.17) is 4.74 Å². The molecule has 0 saturated heterocycles. The highest BCUT2D eigenvalue weighted by atomic mass is 16.5. The summed E-state index contributed by atoms with van der Waals surface area (Å²) in [6.45, 7) is 11.3. The Morgan fingerprint density at radius 1 is 1.15 bits per heavy atom. The lowest BCUT2D eigenvalue weighted by Gasteiger charge is -2.27. The summed E-state index contributed by atoms with van der Waals surface area (Å²) in [6, 6.07) is 8.42. The molecule has 0 aromatic heterocycles. The van der Waals surface area contributed by atoms with E-state index in [-0.39, 0.29) is 18.6 Å². The zero-order chi connectivity index (χ0) is 20.0. The molecular formula is C21H31N3O3. The van der Waals surface area contributed by atoms with Gasteiger partial charge in [-0.05, 0) is 29.9 Å². The van der Waals surface area contributed by atoms with Gasteiger partial charge in [0.25, 0.3) is 0 Å². The zero-order valence-electron chi connectivity index (χ0n) is 16.9. The maximum absolute atomic E-state index is 12.2. The van der Waals surface area contributed by atoms with E-state index < -0.39 is 5.97 Å². The molecule has 0 saturated carbocycles. The van der Waals surface area contributed by atoms with Crippen molar-refractivity contribution in [1.29, 1.82) is 0 Å². The number of esters is 1. The number of carbonyl (C=O) groups is 2. The lowest BCUT2D eigenvalue weighted by molar-refractivity contribution is -0.138. The minimum absolute atomic E-state index is 0.106. The van der Waals surface area contributed by atoms with Crippen molar-refractivity contribution in [3.05, 3.63) is 46.7 Å². The number of ether oxygens (including phenoxy) is 1. The summed E-state index contributed by atoms with van der Waals surface area (Å²) in [5, 5.41) is 8.86.